The molecular weight excluding hydrogens is 258 g/mol. The van der Waals surface area contributed by atoms with Crippen molar-refractivity contribution in [3.63, 3.8) is 0 Å². The molecular formula is C19H25NO. The normalized spacial score (nSPS) is 12.1. The van der Waals surface area contributed by atoms with Gasteiger partial charge in [-0.2, -0.15) is 0 Å². The molecule has 2 heteroatoms. The van der Waals surface area contributed by atoms with Crippen molar-refractivity contribution in [3.8, 4) is 5.75 Å². The minimum Gasteiger partial charge on any atom is -0.489 e. The number of hydrogen-bond acceptors (Lipinski definition) is 2. The third-order valence-electron chi connectivity index (χ3n) is 3.74. The Morgan fingerprint density at radius 3 is 2.43 bits per heavy atom. The highest BCUT2D eigenvalue weighted by Gasteiger charge is 2.04. The molecule has 1 atom stereocenters. The molecule has 0 aliphatic carbocycles. The Morgan fingerprint density at radius 1 is 1.05 bits per heavy atom. The Morgan fingerprint density at radius 2 is 1.76 bits per heavy atom. The van der Waals surface area contributed by atoms with Gasteiger partial charge in [-0.1, -0.05) is 43.3 Å². The number of rotatable bonds is 7. The Balaban J connectivity index is 1.92. The lowest BCUT2D eigenvalue weighted by Gasteiger charge is -2.14. The maximum Gasteiger partial charge on any atom is 0.119 e. The molecule has 21 heavy (non-hydrogen) atoms. The van der Waals surface area contributed by atoms with E-state index in [1.165, 1.54) is 16.7 Å². The maximum absolute atomic E-state index is 5.87. The van der Waals surface area contributed by atoms with Crippen LogP contribution in [-0.2, 0) is 6.61 Å². The predicted octanol–water partition coefficient (Wildman–Crippen LogP) is 4.63. The smallest absolute Gasteiger partial charge is 0.119 e. The van der Waals surface area contributed by atoms with E-state index >= 15 is 0 Å². The maximum atomic E-state index is 5.87. The fourth-order valence-electron chi connectivity index (χ4n) is 2.26. The zero-order valence-electron chi connectivity index (χ0n) is 13.2. The van der Waals surface area contributed by atoms with Gasteiger partial charge in [-0.3, -0.25) is 0 Å². The lowest BCUT2D eigenvalue weighted by molar-refractivity contribution is 0.305. The second kappa shape index (κ2) is 7.84. The molecule has 2 aromatic rings. The quantitative estimate of drug-likeness (QED) is 0.799. The molecule has 0 radical (unpaired) electrons. The van der Waals surface area contributed by atoms with E-state index < -0.39 is 0 Å². The largest absolute Gasteiger partial charge is 0.489 e. The van der Waals surface area contributed by atoms with E-state index in [-0.39, 0.29) is 0 Å². The van der Waals surface area contributed by atoms with Crippen molar-refractivity contribution >= 4 is 0 Å². The summed E-state index contributed by atoms with van der Waals surface area (Å²) in [5.41, 5.74) is 3.80. The van der Waals surface area contributed by atoms with Gasteiger partial charge in [0, 0.05) is 6.04 Å². The second-order valence-corrected chi connectivity index (χ2v) is 5.46. The Kier molecular flexibility index (Phi) is 5.82. The molecule has 0 aliphatic heterocycles. The summed E-state index contributed by atoms with van der Waals surface area (Å²) in [5.74, 6) is 0.921. The molecule has 0 heterocycles. The van der Waals surface area contributed by atoms with Gasteiger partial charge in [0.1, 0.15) is 12.4 Å². The van der Waals surface area contributed by atoms with Gasteiger partial charge in [0.15, 0.2) is 0 Å². The van der Waals surface area contributed by atoms with Gasteiger partial charge in [-0.25, -0.2) is 0 Å². The van der Waals surface area contributed by atoms with Crippen LogP contribution in [0.2, 0.25) is 0 Å². The molecule has 0 aliphatic rings. The number of benzene rings is 2. The van der Waals surface area contributed by atoms with Crippen LogP contribution in [0, 0.1) is 6.92 Å². The predicted molar refractivity (Wildman–Crippen MR) is 88.7 cm³/mol. The molecule has 2 nitrogen and oxygen atoms in total. The molecule has 0 fully saturated rings. The van der Waals surface area contributed by atoms with Crippen LogP contribution in [-0.4, -0.2) is 6.54 Å². The Bertz CT molecular complexity index is 548. The topological polar surface area (TPSA) is 21.3 Å². The lowest BCUT2D eigenvalue weighted by Crippen LogP contribution is -2.19. The highest BCUT2D eigenvalue weighted by molar-refractivity contribution is 5.30. The van der Waals surface area contributed by atoms with Crippen molar-refractivity contribution in [1.29, 1.82) is 0 Å². The molecule has 1 N–H and O–H groups in total. The summed E-state index contributed by atoms with van der Waals surface area (Å²) in [6.07, 6.45) is 1.15. The van der Waals surface area contributed by atoms with E-state index in [9.17, 15) is 0 Å². The first-order valence-electron chi connectivity index (χ1n) is 7.71. The van der Waals surface area contributed by atoms with Crippen molar-refractivity contribution in [2.24, 2.45) is 0 Å². The molecule has 1 unspecified atom stereocenters. The van der Waals surface area contributed by atoms with Crippen LogP contribution in [0.5, 0.6) is 5.75 Å². The summed E-state index contributed by atoms with van der Waals surface area (Å²) < 4.78 is 5.87. The van der Waals surface area contributed by atoms with Crippen LogP contribution in [0.15, 0.2) is 48.5 Å². The van der Waals surface area contributed by atoms with Crippen molar-refractivity contribution < 1.29 is 4.74 Å². The molecule has 0 amide bonds. The highest BCUT2D eigenvalue weighted by atomic mass is 16.5. The number of hydrogen-bond donors (Lipinski definition) is 1. The monoisotopic (exact) mass is 283 g/mol. The first kappa shape index (κ1) is 15.6. The minimum atomic E-state index is 0.385. The molecule has 0 aromatic heterocycles. The minimum absolute atomic E-state index is 0.385. The number of aryl methyl sites for hydroxylation is 1. The number of nitrogens with one attached hydrogen (secondary N) is 1. The molecule has 0 saturated heterocycles. The van der Waals surface area contributed by atoms with Gasteiger partial charge in [0.2, 0.25) is 0 Å². The van der Waals surface area contributed by atoms with Gasteiger partial charge in [0.25, 0.3) is 0 Å². The average molecular weight is 283 g/mol. The van der Waals surface area contributed by atoms with Crippen molar-refractivity contribution in [2.75, 3.05) is 6.54 Å². The highest BCUT2D eigenvalue weighted by Crippen LogP contribution is 2.19. The van der Waals surface area contributed by atoms with Crippen LogP contribution < -0.4 is 10.1 Å². The molecule has 0 saturated carbocycles. The zero-order valence-corrected chi connectivity index (χ0v) is 13.2. The first-order chi connectivity index (χ1) is 10.2. The first-order valence-corrected chi connectivity index (χ1v) is 7.71. The molecule has 2 rings (SSSR count). The fraction of sp³-hybridized carbons (Fsp3) is 0.368. The van der Waals surface area contributed by atoms with Gasteiger partial charge < -0.3 is 10.1 Å². The van der Waals surface area contributed by atoms with Gasteiger partial charge in [-0.05, 0) is 55.6 Å². The summed E-state index contributed by atoms with van der Waals surface area (Å²) in [5, 5.41) is 3.49. The Hall–Kier alpha value is -1.80. The van der Waals surface area contributed by atoms with E-state index in [1.807, 2.05) is 0 Å². The standard InChI is InChI=1S/C19H25NO/c1-4-13-20-16(3)17-9-11-19(12-10-17)21-14-18-8-6-5-7-15(18)2/h5-12,16,20H,4,13-14H2,1-3H3. The third-order valence-corrected chi connectivity index (χ3v) is 3.74. The van der Waals surface area contributed by atoms with E-state index in [0.29, 0.717) is 12.6 Å². The summed E-state index contributed by atoms with van der Waals surface area (Å²) in [6.45, 7) is 8.16. The fourth-order valence-corrected chi connectivity index (χ4v) is 2.26. The SMILES string of the molecule is CCCNC(C)c1ccc(OCc2ccccc2C)cc1. The Labute approximate surface area is 128 Å². The average Bonchev–Trinajstić information content (AvgIpc) is 2.52. The van der Waals surface area contributed by atoms with Crippen LogP contribution in [0.25, 0.3) is 0 Å². The summed E-state index contributed by atoms with van der Waals surface area (Å²) in [6, 6.07) is 17.1. The lowest BCUT2D eigenvalue weighted by atomic mass is 10.1. The van der Waals surface area contributed by atoms with Gasteiger partial charge in [-0.15, -0.1) is 0 Å². The van der Waals surface area contributed by atoms with Crippen LogP contribution >= 0.6 is 0 Å². The van der Waals surface area contributed by atoms with E-state index in [0.717, 1.165) is 18.7 Å². The summed E-state index contributed by atoms with van der Waals surface area (Å²) in [4.78, 5) is 0. The summed E-state index contributed by atoms with van der Waals surface area (Å²) >= 11 is 0. The second-order valence-electron chi connectivity index (χ2n) is 5.46. The van der Waals surface area contributed by atoms with Gasteiger partial charge >= 0.3 is 0 Å². The molecule has 0 bridgehead atoms. The van der Waals surface area contributed by atoms with Crippen molar-refractivity contribution in [1.82, 2.24) is 5.32 Å². The zero-order chi connectivity index (χ0) is 15.1. The molecule has 2 aromatic carbocycles. The molecule has 112 valence electrons. The molecule has 0 spiro atoms. The van der Waals surface area contributed by atoms with Crippen molar-refractivity contribution in [2.45, 2.75) is 39.8 Å². The van der Waals surface area contributed by atoms with E-state index in [1.54, 1.807) is 0 Å². The third kappa shape index (κ3) is 4.61. The van der Waals surface area contributed by atoms with E-state index in [4.69, 9.17) is 4.74 Å². The summed E-state index contributed by atoms with van der Waals surface area (Å²) in [7, 11) is 0. The number of ether oxygens (including phenoxy) is 1. The van der Waals surface area contributed by atoms with Crippen LogP contribution in [0.1, 0.15) is 43.0 Å². The van der Waals surface area contributed by atoms with Crippen molar-refractivity contribution in [3.05, 3.63) is 65.2 Å². The van der Waals surface area contributed by atoms with Crippen LogP contribution in [0.4, 0.5) is 0 Å². The van der Waals surface area contributed by atoms with Gasteiger partial charge in [0.05, 0.1) is 0 Å². The van der Waals surface area contributed by atoms with Crippen LogP contribution in [0.3, 0.4) is 0 Å². The van der Waals surface area contributed by atoms with E-state index in [2.05, 4.69) is 74.6 Å².